The SMILES string of the molecule is CCOc1ccc(/C=C(/C#N)c2ccc(Cl)cc2)cc1I. The van der Waals surface area contributed by atoms with Crippen LogP contribution in [0.3, 0.4) is 0 Å². The maximum absolute atomic E-state index is 9.34. The highest BCUT2D eigenvalue weighted by atomic mass is 127. The predicted octanol–water partition coefficient (Wildman–Crippen LogP) is 5.41. The highest BCUT2D eigenvalue weighted by Gasteiger charge is 2.04. The van der Waals surface area contributed by atoms with Crippen molar-refractivity contribution in [2.45, 2.75) is 6.92 Å². The van der Waals surface area contributed by atoms with E-state index in [0.29, 0.717) is 17.2 Å². The van der Waals surface area contributed by atoms with Gasteiger partial charge in [-0.2, -0.15) is 5.26 Å². The first-order valence-corrected chi connectivity index (χ1v) is 7.89. The molecule has 0 N–H and O–H groups in total. The van der Waals surface area contributed by atoms with Crippen LogP contribution in [-0.2, 0) is 0 Å². The Labute approximate surface area is 143 Å². The van der Waals surface area contributed by atoms with E-state index in [4.69, 9.17) is 16.3 Å². The Kier molecular flexibility index (Phi) is 5.66. The zero-order chi connectivity index (χ0) is 15.2. The number of hydrogen-bond donors (Lipinski definition) is 0. The number of allylic oxidation sites excluding steroid dienone is 1. The van der Waals surface area contributed by atoms with Crippen molar-refractivity contribution in [2.75, 3.05) is 6.61 Å². The number of nitriles is 1. The number of halogens is 2. The topological polar surface area (TPSA) is 33.0 Å². The van der Waals surface area contributed by atoms with Crippen LogP contribution in [-0.4, -0.2) is 6.61 Å². The summed E-state index contributed by atoms with van der Waals surface area (Å²) in [5.41, 5.74) is 2.42. The van der Waals surface area contributed by atoms with Crippen LogP contribution in [0.25, 0.3) is 11.6 Å². The summed E-state index contributed by atoms with van der Waals surface area (Å²) < 4.78 is 6.54. The molecule has 0 bridgehead atoms. The summed E-state index contributed by atoms with van der Waals surface area (Å²) in [4.78, 5) is 0. The molecule has 21 heavy (non-hydrogen) atoms. The molecule has 0 aliphatic rings. The Bertz CT molecular complexity index is 702. The van der Waals surface area contributed by atoms with Crippen molar-refractivity contribution in [3.63, 3.8) is 0 Å². The van der Waals surface area contributed by atoms with Gasteiger partial charge in [0, 0.05) is 5.02 Å². The molecule has 0 saturated heterocycles. The summed E-state index contributed by atoms with van der Waals surface area (Å²) in [5.74, 6) is 0.861. The molecule has 0 atom stereocenters. The minimum atomic E-state index is 0.603. The van der Waals surface area contributed by atoms with Gasteiger partial charge >= 0.3 is 0 Å². The molecule has 0 saturated carbocycles. The monoisotopic (exact) mass is 409 g/mol. The standard InChI is InChI=1S/C17H13ClINO/c1-2-21-17-8-3-12(10-16(17)19)9-14(11-20)13-4-6-15(18)7-5-13/h3-10H,2H2,1H3/b14-9-. The summed E-state index contributed by atoms with van der Waals surface area (Å²) in [6, 6.07) is 15.3. The lowest BCUT2D eigenvalue weighted by atomic mass is 10.0. The van der Waals surface area contributed by atoms with Crippen molar-refractivity contribution in [2.24, 2.45) is 0 Å². The minimum absolute atomic E-state index is 0.603. The molecule has 2 aromatic carbocycles. The van der Waals surface area contributed by atoms with Gasteiger partial charge in [0.1, 0.15) is 5.75 Å². The summed E-state index contributed by atoms with van der Waals surface area (Å²) in [6.07, 6.45) is 1.86. The molecule has 0 spiro atoms. The van der Waals surface area contributed by atoms with Gasteiger partial charge in [0.25, 0.3) is 0 Å². The van der Waals surface area contributed by atoms with Crippen molar-refractivity contribution < 1.29 is 4.74 Å². The molecule has 2 nitrogen and oxygen atoms in total. The summed E-state index contributed by atoms with van der Waals surface area (Å²) >= 11 is 8.10. The highest BCUT2D eigenvalue weighted by molar-refractivity contribution is 14.1. The minimum Gasteiger partial charge on any atom is -0.493 e. The largest absolute Gasteiger partial charge is 0.493 e. The first-order valence-electron chi connectivity index (χ1n) is 6.44. The van der Waals surface area contributed by atoms with Gasteiger partial charge in [-0.25, -0.2) is 0 Å². The molecular weight excluding hydrogens is 397 g/mol. The molecule has 0 aliphatic heterocycles. The Morgan fingerprint density at radius 2 is 2.00 bits per heavy atom. The Morgan fingerprint density at radius 3 is 2.57 bits per heavy atom. The van der Waals surface area contributed by atoms with E-state index >= 15 is 0 Å². The third-order valence-corrected chi connectivity index (χ3v) is 3.94. The molecule has 2 rings (SSSR count). The second-order valence-electron chi connectivity index (χ2n) is 4.30. The zero-order valence-electron chi connectivity index (χ0n) is 11.4. The van der Waals surface area contributed by atoms with E-state index in [1.807, 2.05) is 43.3 Å². The van der Waals surface area contributed by atoms with Crippen LogP contribution in [0.2, 0.25) is 5.02 Å². The maximum atomic E-state index is 9.34. The van der Waals surface area contributed by atoms with E-state index in [1.165, 1.54) is 0 Å². The lowest BCUT2D eigenvalue weighted by Crippen LogP contribution is -1.94. The van der Waals surface area contributed by atoms with E-state index in [0.717, 1.165) is 20.4 Å². The van der Waals surface area contributed by atoms with E-state index in [9.17, 15) is 5.26 Å². The molecule has 0 fully saturated rings. The lowest BCUT2D eigenvalue weighted by Gasteiger charge is -2.06. The Balaban J connectivity index is 2.34. The first-order chi connectivity index (χ1) is 10.1. The van der Waals surface area contributed by atoms with Crippen LogP contribution in [0.1, 0.15) is 18.1 Å². The number of nitrogens with zero attached hydrogens (tertiary/aromatic N) is 1. The van der Waals surface area contributed by atoms with Gasteiger partial charge in [-0.3, -0.25) is 0 Å². The Morgan fingerprint density at radius 1 is 1.29 bits per heavy atom. The van der Waals surface area contributed by atoms with Gasteiger partial charge < -0.3 is 4.74 Å². The van der Waals surface area contributed by atoms with Crippen molar-refractivity contribution in [1.29, 1.82) is 5.26 Å². The number of ether oxygens (including phenoxy) is 1. The van der Waals surface area contributed by atoms with Crippen molar-refractivity contribution in [3.8, 4) is 11.8 Å². The first kappa shape index (κ1) is 15.9. The molecule has 0 amide bonds. The van der Waals surface area contributed by atoms with E-state index in [2.05, 4.69) is 28.7 Å². The molecule has 0 unspecified atom stereocenters. The van der Waals surface area contributed by atoms with Crippen LogP contribution in [0.4, 0.5) is 0 Å². The normalized spacial score (nSPS) is 11.0. The van der Waals surface area contributed by atoms with Gasteiger partial charge in [-0.15, -0.1) is 0 Å². The maximum Gasteiger partial charge on any atom is 0.132 e. The molecule has 0 aliphatic carbocycles. The summed E-state index contributed by atoms with van der Waals surface area (Å²) in [5, 5.41) is 10.00. The molecule has 4 heteroatoms. The predicted molar refractivity (Wildman–Crippen MR) is 95.3 cm³/mol. The van der Waals surface area contributed by atoms with Gasteiger partial charge in [0.15, 0.2) is 0 Å². The van der Waals surface area contributed by atoms with Crippen LogP contribution < -0.4 is 4.74 Å². The third-order valence-electron chi connectivity index (χ3n) is 2.84. The fourth-order valence-corrected chi connectivity index (χ4v) is 2.68. The second kappa shape index (κ2) is 7.48. The van der Waals surface area contributed by atoms with E-state index in [1.54, 1.807) is 12.1 Å². The molecule has 2 aromatic rings. The molecule has 0 heterocycles. The van der Waals surface area contributed by atoms with Gasteiger partial charge in [0.05, 0.1) is 21.8 Å². The molecule has 0 radical (unpaired) electrons. The van der Waals surface area contributed by atoms with Gasteiger partial charge in [-0.05, 0) is 71.0 Å². The smallest absolute Gasteiger partial charge is 0.132 e. The fraction of sp³-hybridized carbons (Fsp3) is 0.118. The van der Waals surface area contributed by atoms with Gasteiger partial charge in [-0.1, -0.05) is 29.8 Å². The lowest BCUT2D eigenvalue weighted by molar-refractivity contribution is 0.338. The van der Waals surface area contributed by atoms with Crippen molar-refractivity contribution >= 4 is 45.8 Å². The summed E-state index contributed by atoms with van der Waals surface area (Å²) in [7, 11) is 0. The molecular formula is C17H13ClINO. The van der Waals surface area contributed by atoms with E-state index < -0.39 is 0 Å². The van der Waals surface area contributed by atoms with Crippen molar-refractivity contribution in [1.82, 2.24) is 0 Å². The number of rotatable bonds is 4. The van der Waals surface area contributed by atoms with E-state index in [-0.39, 0.29) is 0 Å². The average Bonchev–Trinajstić information content (AvgIpc) is 2.48. The fourth-order valence-electron chi connectivity index (χ4n) is 1.86. The molecule has 0 aromatic heterocycles. The number of hydrogen-bond acceptors (Lipinski definition) is 2. The second-order valence-corrected chi connectivity index (χ2v) is 5.90. The zero-order valence-corrected chi connectivity index (χ0v) is 14.4. The Hall–Kier alpha value is -1.51. The quantitative estimate of drug-likeness (QED) is 0.384. The van der Waals surface area contributed by atoms with Crippen LogP contribution in [0.5, 0.6) is 5.75 Å². The number of benzene rings is 2. The third kappa shape index (κ3) is 4.23. The van der Waals surface area contributed by atoms with Gasteiger partial charge in [0.2, 0.25) is 0 Å². The van der Waals surface area contributed by atoms with Crippen LogP contribution >= 0.6 is 34.2 Å². The molecule has 106 valence electrons. The highest BCUT2D eigenvalue weighted by Crippen LogP contribution is 2.25. The average molecular weight is 410 g/mol. The van der Waals surface area contributed by atoms with Crippen LogP contribution in [0.15, 0.2) is 42.5 Å². The van der Waals surface area contributed by atoms with Crippen LogP contribution in [0, 0.1) is 14.9 Å². The van der Waals surface area contributed by atoms with Crippen molar-refractivity contribution in [3.05, 3.63) is 62.2 Å². The summed E-state index contributed by atoms with van der Waals surface area (Å²) in [6.45, 7) is 2.59.